The van der Waals surface area contributed by atoms with Crippen LogP contribution >= 0.6 is 11.8 Å². The molecule has 0 bridgehead atoms. The van der Waals surface area contributed by atoms with Crippen LogP contribution in [0.15, 0.2) is 23.4 Å². The monoisotopic (exact) mass is 431 g/mol. The largest absolute Gasteiger partial charge is 0.485 e. The van der Waals surface area contributed by atoms with Gasteiger partial charge >= 0.3 is 0 Å². The highest BCUT2D eigenvalue weighted by Crippen LogP contribution is 2.28. The highest BCUT2D eigenvalue weighted by molar-refractivity contribution is 7.99. The first-order valence-electron chi connectivity index (χ1n) is 10.7. The van der Waals surface area contributed by atoms with Crippen molar-refractivity contribution in [1.29, 1.82) is 0 Å². The minimum absolute atomic E-state index is 0.0155. The summed E-state index contributed by atoms with van der Waals surface area (Å²) < 4.78 is 7.41. The third-order valence-electron chi connectivity index (χ3n) is 5.60. The average molecular weight is 432 g/mol. The van der Waals surface area contributed by atoms with Crippen LogP contribution in [-0.2, 0) is 11.4 Å². The Hall–Kier alpha value is -2.22. The molecule has 3 rings (SSSR count). The zero-order valence-electron chi connectivity index (χ0n) is 18.4. The van der Waals surface area contributed by atoms with Crippen LogP contribution in [0.3, 0.4) is 0 Å². The van der Waals surface area contributed by atoms with Gasteiger partial charge in [0.2, 0.25) is 11.1 Å². The number of aromatic nitrogens is 3. The van der Waals surface area contributed by atoms with Crippen LogP contribution in [0.25, 0.3) is 0 Å². The number of nitrogens with two attached hydrogens (primary N) is 1. The van der Waals surface area contributed by atoms with E-state index in [0.717, 1.165) is 35.6 Å². The molecule has 164 valence electrons. The second-order valence-corrected chi connectivity index (χ2v) is 9.51. The highest BCUT2D eigenvalue weighted by Gasteiger charge is 2.20. The molecular formula is C22H33N5O2S. The molecular weight excluding hydrogens is 398 g/mol. The molecule has 0 atom stereocenters. The van der Waals surface area contributed by atoms with Crippen molar-refractivity contribution in [2.24, 2.45) is 5.92 Å². The summed E-state index contributed by atoms with van der Waals surface area (Å²) >= 11 is 1.29. The lowest BCUT2D eigenvalue weighted by atomic mass is 9.87. The second kappa shape index (κ2) is 10.2. The molecule has 1 heterocycles. The van der Waals surface area contributed by atoms with E-state index in [-0.39, 0.29) is 18.3 Å². The molecule has 1 aromatic heterocycles. The Bertz CT molecular complexity index is 859. The fraction of sp³-hybridized carbons (Fsp3) is 0.591. The molecule has 1 amide bonds. The van der Waals surface area contributed by atoms with Crippen molar-refractivity contribution in [3.05, 3.63) is 35.2 Å². The first-order chi connectivity index (χ1) is 14.3. The standard InChI is InChI=1S/C22H33N5O2S/c1-14(2)18-10-7-16(4)11-19(18)29-12-20-25-26-22(27(20)23)30-13-21(28)24-17-8-5-15(3)6-9-17/h7,10-11,14-15,17H,5-6,8-9,12-13,23H2,1-4H3,(H,24,28). The van der Waals surface area contributed by atoms with Crippen molar-refractivity contribution in [3.63, 3.8) is 0 Å². The van der Waals surface area contributed by atoms with Crippen molar-refractivity contribution in [3.8, 4) is 5.75 Å². The predicted octanol–water partition coefficient (Wildman–Crippen LogP) is 3.79. The Balaban J connectivity index is 1.52. The molecule has 0 aliphatic heterocycles. The maximum Gasteiger partial charge on any atom is 0.230 e. The van der Waals surface area contributed by atoms with Gasteiger partial charge in [-0.15, -0.1) is 10.2 Å². The third kappa shape index (κ3) is 5.90. The lowest BCUT2D eigenvalue weighted by Gasteiger charge is -2.26. The number of thioether (sulfide) groups is 1. The summed E-state index contributed by atoms with van der Waals surface area (Å²) in [4.78, 5) is 12.3. The Labute approximate surface area is 183 Å². The summed E-state index contributed by atoms with van der Waals surface area (Å²) in [5.74, 6) is 8.91. The van der Waals surface area contributed by atoms with Gasteiger partial charge in [-0.1, -0.05) is 44.7 Å². The quantitative estimate of drug-likeness (QED) is 0.488. The summed E-state index contributed by atoms with van der Waals surface area (Å²) in [5, 5.41) is 11.9. The molecule has 8 heteroatoms. The number of nitrogens with one attached hydrogen (secondary N) is 1. The minimum atomic E-state index is 0.0155. The zero-order valence-corrected chi connectivity index (χ0v) is 19.2. The van der Waals surface area contributed by atoms with Gasteiger partial charge in [0.05, 0.1) is 5.75 Å². The van der Waals surface area contributed by atoms with Crippen LogP contribution in [0.1, 0.15) is 69.3 Å². The lowest BCUT2D eigenvalue weighted by molar-refractivity contribution is -0.119. The molecule has 1 fully saturated rings. The van der Waals surface area contributed by atoms with Gasteiger partial charge in [-0.05, 0) is 61.6 Å². The van der Waals surface area contributed by atoms with E-state index in [0.29, 0.717) is 22.9 Å². The Morgan fingerprint density at radius 1 is 1.30 bits per heavy atom. The smallest absolute Gasteiger partial charge is 0.230 e. The van der Waals surface area contributed by atoms with Crippen molar-refractivity contribution >= 4 is 17.7 Å². The normalized spacial score (nSPS) is 19.1. The number of nitrogen functional groups attached to an aromatic ring is 1. The first kappa shape index (κ1) is 22.5. The molecule has 3 N–H and O–H groups in total. The van der Waals surface area contributed by atoms with E-state index in [1.54, 1.807) is 0 Å². The number of nitrogens with zero attached hydrogens (tertiary/aromatic N) is 3. The van der Waals surface area contributed by atoms with E-state index < -0.39 is 0 Å². The molecule has 0 spiro atoms. The number of hydrogen-bond donors (Lipinski definition) is 2. The number of ether oxygens (including phenoxy) is 1. The topological polar surface area (TPSA) is 95.1 Å². The van der Waals surface area contributed by atoms with Gasteiger partial charge in [-0.2, -0.15) is 0 Å². The molecule has 1 aromatic carbocycles. The van der Waals surface area contributed by atoms with Gasteiger partial charge < -0.3 is 15.9 Å². The molecule has 1 aliphatic carbocycles. The Kier molecular flexibility index (Phi) is 7.64. The van der Waals surface area contributed by atoms with E-state index in [2.05, 4.69) is 48.4 Å². The molecule has 0 unspecified atom stereocenters. The van der Waals surface area contributed by atoms with Crippen molar-refractivity contribution in [1.82, 2.24) is 20.2 Å². The second-order valence-electron chi connectivity index (χ2n) is 8.57. The molecule has 0 radical (unpaired) electrons. The zero-order chi connectivity index (χ0) is 21.7. The van der Waals surface area contributed by atoms with Gasteiger partial charge in [-0.25, -0.2) is 4.68 Å². The maximum absolute atomic E-state index is 12.3. The predicted molar refractivity (Wildman–Crippen MR) is 120 cm³/mol. The molecule has 0 saturated heterocycles. The number of carbonyl (C=O) groups is 1. The molecule has 2 aromatic rings. The average Bonchev–Trinajstić information content (AvgIpc) is 3.06. The lowest BCUT2D eigenvalue weighted by Crippen LogP contribution is -2.38. The maximum atomic E-state index is 12.3. The Morgan fingerprint density at radius 2 is 2.03 bits per heavy atom. The fourth-order valence-corrected chi connectivity index (χ4v) is 4.38. The highest BCUT2D eigenvalue weighted by atomic mass is 32.2. The summed E-state index contributed by atoms with van der Waals surface area (Å²) in [5.41, 5.74) is 2.28. The minimum Gasteiger partial charge on any atom is -0.485 e. The van der Waals surface area contributed by atoms with Crippen LogP contribution in [0.5, 0.6) is 5.75 Å². The Morgan fingerprint density at radius 3 is 2.73 bits per heavy atom. The third-order valence-corrected chi connectivity index (χ3v) is 6.54. The van der Waals surface area contributed by atoms with Crippen molar-refractivity contribution in [2.75, 3.05) is 11.6 Å². The van der Waals surface area contributed by atoms with E-state index >= 15 is 0 Å². The van der Waals surface area contributed by atoms with E-state index in [9.17, 15) is 4.79 Å². The molecule has 1 saturated carbocycles. The number of amides is 1. The summed E-state index contributed by atoms with van der Waals surface area (Å²) in [6, 6.07) is 6.49. The van der Waals surface area contributed by atoms with Gasteiger partial charge in [0, 0.05) is 6.04 Å². The number of benzene rings is 1. The fourth-order valence-electron chi connectivity index (χ4n) is 3.69. The van der Waals surface area contributed by atoms with Crippen LogP contribution in [-0.4, -0.2) is 32.6 Å². The summed E-state index contributed by atoms with van der Waals surface area (Å²) in [6.45, 7) is 8.80. The number of aryl methyl sites for hydroxylation is 1. The number of hydrogen-bond acceptors (Lipinski definition) is 6. The van der Waals surface area contributed by atoms with Crippen molar-refractivity contribution in [2.45, 2.75) is 77.1 Å². The van der Waals surface area contributed by atoms with Crippen molar-refractivity contribution < 1.29 is 9.53 Å². The SMILES string of the molecule is Cc1ccc(C(C)C)c(OCc2nnc(SCC(=O)NC3CCC(C)CC3)n2N)c1. The number of rotatable bonds is 8. The first-order valence-corrected chi connectivity index (χ1v) is 11.7. The molecule has 1 aliphatic rings. The van der Waals surface area contributed by atoms with Gasteiger partial charge in [0.25, 0.3) is 0 Å². The molecule has 7 nitrogen and oxygen atoms in total. The van der Waals surface area contributed by atoms with Gasteiger partial charge in [0.1, 0.15) is 12.4 Å². The van der Waals surface area contributed by atoms with Crippen LogP contribution in [0.2, 0.25) is 0 Å². The van der Waals surface area contributed by atoms with Crippen LogP contribution in [0.4, 0.5) is 0 Å². The summed E-state index contributed by atoms with van der Waals surface area (Å²) in [7, 11) is 0. The molecule has 30 heavy (non-hydrogen) atoms. The summed E-state index contributed by atoms with van der Waals surface area (Å²) in [6.07, 6.45) is 4.48. The van der Waals surface area contributed by atoms with Gasteiger partial charge in [-0.3, -0.25) is 4.79 Å². The van der Waals surface area contributed by atoms with Crippen LogP contribution < -0.4 is 15.9 Å². The number of carbonyl (C=O) groups excluding carboxylic acids is 1. The van der Waals surface area contributed by atoms with E-state index in [4.69, 9.17) is 10.6 Å². The van der Waals surface area contributed by atoms with Gasteiger partial charge in [0.15, 0.2) is 5.82 Å². The van der Waals surface area contributed by atoms with E-state index in [1.165, 1.54) is 29.3 Å². The van der Waals surface area contributed by atoms with Crippen LogP contribution in [0, 0.1) is 12.8 Å². The van der Waals surface area contributed by atoms with E-state index in [1.807, 2.05) is 13.0 Å².